The second-order valence-corrected chi connectivity index (χ2v) is 11.5. The van der Waals surface area contributed by atoms with Crippen molar-refractivity contribution < 1.29 is 0 Å². The van der Waals surface area contributed by atoms with E-state index in [1.165, 1.54) is 16.9 Å². The molecule has 0 atom stereocenters. The summed E-state index contributed by atoms with van der Waals surface area (Å²) in [4.78, 5) is 32.4. The summed E-state index contributed by atoms with van der Waals surface area (Å²) in [5.74, 6) is 0.998. The van der Waals surface area contributed by atoms with Gasteiger partial charge in [-0.1, -0.05) is 49.0 Å². The highest BCUT2D eigenvalue weighted by atomic mass is 32.1. The van der Waals surface area contributed by atoms with Crippen molar-refractivity contribution in [2.45, 2.75) is 25.3 Å². The predicted octanol–water partition coefficient (Wildman–Crippen LogP) is 5.75. The predicted molar refractivity (Wildman–Crippen MR) is 171 cm³/mol. The van der Waals surface area contributed by atoms with E-state index in [-0.39, 0.29) is 12.1 Å². The zero-order valence-electron chi connectivity index (χ0n) is 23.5. The zero-order chi connectivity index (χ0) is 29.2. The van der Waals surface area contributed by atoms with E-state index in [0.29, 0.717) is 28.6 Å². The molecule has 4 aromatic heterocycles. The van der Waals surface area contributed by atoms with Crippen molar-refractivity contribution in [3.63, 3.8) is 0 Å². The summed E-state index contributed by atoms with van der Waals surface area (Å²) in [7, 11) is 0. The number of imidazole rings is 1. The molecule has 0 spiro atoms. The molecule has 0 amide bonds. The minimum absolute atomic E-state index is 0.191. The van der Waals surface area contributed by atoms with Crippen molar-refractivity contribution in [1.82, 2.24) is 34.4 Å². The highest BCUT2D eigenvalue weighted by Gasteiger charge is 2.18. The Morgan fingerprint density at radius 2 is 1.86 bits per heavy atom. The van der Waals surface area contributed by atoms with Gasteiger partial charge in [0.1, 0.15) is 12.0 Å². The first-order valence-electron chi connectivity index (χ1n) is 14.3. The van der Waals surface area contributed by atoms with E-state index < -0.39 is 0 Å². The van der Waals surface area contributed by atoms with Gasteiger partial charge in [-0.3, -0.25) is 13.9 Å². The lowest BCUT2D eigenvalue weighted by Gasteiger charge is -2.23. The van der Waals surface area contributed by atoms with Gasteiger partial charge in [-0.05, 0) is 66.7 Å². The van der Waals surface area contributed by atoms with Gasteiger partial charge in [-0.25, -0.2) is 15.0 Å². The number of pyridine rings is 1. The van der Waals surface area contributed by atoms with E-state index in [0.717, 1.165) is 53.4 Å². The Morgan fingerprint density at radius 1 is 1.05 bits per heavy atom. The average molecular weight is 587 g/mol. The summed E-state index contributed by atoms with van der Waals surface area (Å²) < 4.78 is 3.57. The molecule has 1 saturated heterocycles. The lowest BCUT2D eigenvalue weighted by molar-refractivity contribution is 0.460. The van der Waals surface area contributed by atoms with Crippen molar-refractivity contribution in [2.24, 2.45) is 0 Å². The fourth-order valence-electron chi connectivity index (χ4n) is 5.61. The van der Waals surface area contributed by atoms with Crippen molar-refractivity contribution in [3.8, 4) is 5.13 Å². The van der Waals surface area contributed by atoms with E-state index in [1.807, 2.05) is 46.3 Å². The molecule has 0 saturated carbocycles. The summed E-state index contributed by atoms with van der Waals surface area (Å²) in [5.41, 5.74) is 5.40. The molecule has 7 rings (SSSR count). The van der Waals surface area contributed by atoms with Crippen molar-refractivity contribution in [1.29, 1.82) is 0 Å². The standard InChI is InChI=1S/C33H30N8OS/c1-22(23-5-3-2-4-6-23)29-17-26-18-37-32(38-27-9-7-24(8-10-27)25-11-13-34-14-12-25)39-30(26)40(31(29)42)20-28-19-35-21-41(28)33-36-15-16-43-33/h2-10,15-19,21,25,34H,1,11-14,20H2,(H,37,38,39). The summed E-state index contributed by atoms with van der Waals surface area (Å²) in [6.45, 7) is 6.64. The monoisotopic (exact) mass is 586 g/mol. The van der Waals surface area contributed by atoms with Gasteiger partial charge in [-0.15, -0.1) is 11.3 Å². The van der Waals surface area contributed by atoms with Gasteiger partial charge in [0.2, 0.25) is 5.95 Å². The lowest BCUT2D eigenvalue weighted by atomic mass is 9.90. The zero-order valence-corrected chi connectivity index (χ0v) is 24.3. The number of nitrogens with zero attached hydrogens (tertiary/aromatic N) is 6. The minimum Gasteiger partial charge on any atom is -0.324 e. The van der Waals surface area contributed by atoms with Gasteiger partial charge in [0.15, 0.2) is 5.13 Å². The van der Waals surface area contributed by atoms with Gasteiger partial charge in [0.25, 0.3) is 5.56 Å². The summed E-state index contributed by atoms with van der Waals surface area (Å²) in [5, 5.41) is 10.2. The van der Waals surface area contributed by atoms with Crippen LogP contribution in [-0.2, 0) is 6.54 Å². The molecule has 5 heterocycles. The molecule has 1 aliphatic heterocycles. The lowest BCUT2D eigenvalue weighted by Crippen LogP contribution is -2.26. The number of hydrogen-bond donors (Lipinski definition) is 2. The van der Waals surface area contributed by atoms with E-state index in [2.05, 4.69) is 56.4 Å². The van der Waals surface area contributed by atoms with Gasteiger partial charge in [0.05, 0.1) is 18.4 Å². The normalized spacial score (nSPS) is 13.8. The van der Waals surface area contributed by atoms with Crippen LogP contribution in [0.1, 0.15) is 41.1 Å². The van der Waals surface area contributed by atoms with Crippen LogP contribution in [0.25, 0.3) is 21.7 Å². The quantitative estimate of drug-likeness (QED) is 0.234. The third-order valence-electron chi connectivity index (χ3n) is 7.91. The van der Waals surface area contributed by atoms with Gasteiger partial charge in [0, 0.05) is 34.4 Å². The first-order valence-corrected chi connectivity index (χ1v) is 15.2. The molecular formula is C33H30N8OS. The maximum atomic E-state index is 14.2. The number of hydrogen-bond acceptors (Lipinski definition) is 8. The van der Waals surface area contributed by atoms with E-state index in [4.69, 9.17) is 4.98 Å². The molecule has 2 N–H and O–H groups in total. The molecule has 214 valence electrons. The van der Waals surface area contributed by atoms with Crippen LogP contribution in [0.3, 0.4) is 0 Å². The maximum absolute atomic E-state index is 14.2. The highest BCUT2D eigenvalue weighted by Crippen LogP contribution is 2.28. The maximum Gasteiger partial charge on any atom is 0.260 e. The van der Waals surface area contributed by atoms with Crippen molar-refractivity contribution in [2.75, 3.05) is 18.4 Å². The van der Waals surface area contributed by atoms with Gasteiger partial charge < -0.3 is 10.6 Å². The number of anilines is 2. The Labute approximate surface area is 252 Å². The average Bonchev–Trinajstić information content (AvgIpc) is 3.76. The first-order chi connectivity index (χ1) is 21.1. The number of benzene rings is 2. The van der Waals surface area contributed by atoms with Crippen LogP contribution in [0.15, 0.2) is 102 Å². The fourth-order valence-corrected chi connectivity index (χ4v) is 6.25. The molecule has 9 nitrogen and oxygen atoms in total. The van der Waals surface area contributed by atoms with Crippen LogP contribution in [0.5, 0.6) is 0 Å². The van der Waals surface area contributed by atoms with Crippen LogP contribution in [0.4, 0.5) is 11.6 Å². The molecule has 0 unspecified atom stereocenters. The second-order valence-electron chi connectivity index (χ2n) is 10.6. The molecule has 43 heavy (non-hydrogen) atoms. The van der Waals surface area contributed by atoms with Crippen LogP contribution in [0, 0.1) is 0 Å². The topological polar surface area (TPSA) is 103 Å². The minimum atomic E-state index is -0.191. The van der Waals surface area contributed by atoms with Crippen LogP contribution in [-0.4, -0.2) is 42.2 Å². The molecule has 0 aliphatic carbocycles. The first kappa shape index (κ1) is 26.9. The highest BCUT2D eigenvalue weighted by molar-refractivity contribution is 7.12. The van der Waals surface area contributed by atoms with Crippen LogP contribution in [0.2, 0.25) is 0 Å². The summed E-state index contributed by atoms with van der Waals surface area (Å²) >= 11 is 1.50. The number of rotatable bonds is 8. The molecule has 2 aromatic carbocycles. The van der Waals surface area contributed by atoms with Crippen molar-refractivity contribution in [3.05, 3.63) is 130 Å². The smallest absolute Gasteiger partial charge is 0.260 e. The fraction of sp³-hybridized carbons (Fsp3) is 0.182. The summed E-state index contributed by atoms with van der Waals surface area (Å²) in [6.07, 6.45) is 9.27. The van der Waals surface area contributed by atoms with E-state index >= 15 is 0 Å². The Bertz CT molecular complexity index is 1940. The number of piperidine rings is 1. The summed E-state index contributed by atoms with van der Waals surface area (Å²) in [6, 6.07) is 20.0. The molecule has 6 aromatic rings. The Kier molecular flexibility index (Phi) is 7.36. The van der Waals surface area contributed by atoms with Gasteiger partial charge in [-0.2, -0.15) is 4.98 Å². The third-order valence-corrected chi connectivity index (χ3v) is 8.68. The van der Waals surface area contributed by atoms with E-state index in [1.54, 1.807) is 29.5 Å². The van der Waals surface area contributed by atoms with E-state index in [9.17, 15) is 4.79 Å². The molecule has 0 bridgehead atoms. The molecule has 0 radical (unpaired) electrons. The number of fused-ring (bicyclic) bond motifs is 1. The molecule has 1 fully saturated rings. The Balaban J connectivity index is 1.27. The number of nitrogens with one attached hydrogen (secondary N) is 2. The van der Waals surface area contributed by atoms with Gasteiger partial charge >= 0.3 is 0 Å². The number of thiazole rings is 1. The third kappa shape index (κ3) is 5.50. The SMILES string of the molecule is C=C(c1ccccc1)c1cc2cnc(Nc3ccc(C4CCNCC4)cc3)nc2n(Cc2cncn2-c2nccs2)c1=O. The molecule has 10 heteroatoms. The Hall–Kier alpha value is -4.93. The van der Waals surface area contributed by atoms with Crippen LogP contribution < -0.4 is 16.2 Å². The largest absolute Gasteiger partial charge is 0.324 e. The second kappa shape index (κ2) is 11.7. The molecular weight excluding hydrogens is 556 g/mol. The van der Waals surface area contributed by atoms with Crippen molar-refractivity contribution >= 4 is 39.6 Å². The molecule has 1 aliphatic rings. The Morgan fingerprint density at radius 3 is 2.63 bits per heavy atom. The van der Waals surface area contributed by atoms with Crippen LogP contribution >= 0.6 is 11.3 Å². The number of aromatic nitrogens is 6.